The van der Waals surface area contributed by atoms with Gasteiger partial charge in [0.05, 0.1) is 37.3 Å². The molecular formula is C23H26N8O4. The van der Waals surface area contributed by atoms with Crippen molar-refractivity contribution in [2.45, 2.75) is 6.54 Å². The number of hydrogen-bond acceptors (Lipinski definition) is 8. The van der Waals surface area contributed by atoms with Crippen molar-refractivity contribution in [1.82, 2.24) is 24.6 Å². The standard InChI is InChI=1S/C23H26N8O4/c1-2-21(32)26-17-4-3-5-19(14-17)31(23(33)34)20-6-7-24-22(28-20)27-18-15-25-30(16-18)9-8-29-10-12-35-13-11-29/h2-7,14-16H,1,8-13H2,(H,26,32)(H,33,34)(H,24,27,28). The van der Waals surface area contributed by atoms with E-state index in [1.54, 1.807) is 24.4 Å². The van der Waals surface area contributed by atoms with E-state index < -0.39 is 12.0 Å². The van der Waals surface area contributed by atoms with Crippen molar-refractivity contribution >= 4 is 40.8 Å². The lowest BCUT2D eigenvalue weighted by atomic mass is 10.2. The Labute approximate surface area is 201 Å². The molecule has 2 aromatic heterocycles. The maximum absolute atomic E-state index is 12.1. The van der Waals surface area contributed by atoms with Crippen LogP contribution in [-0.2, 0) is 16.1 Å². The zero-order valence-corrected chi connectivity index (χ0v) is 19.0. The Bertz CT molecular complexity index is 1190. The number of hydrogen-bond donors (Lipinski definition) is 3. The Morgan fingerprint density at radius 2 is 2.03 bits per heavy atom. The highest BCUT2D eigenvalue weighted by molar-refractivity contribution is 6.00. The average molecular weight is 479 g/mol. The highest BCUT2D eigenvalue weighted by Gasteiger charge is 2.20. The molecule has 0 unspecified atom stereocenters. The largest absolute Gasteiger partial charge is 0.464 e. The molecule has 0 bridgehead atoms. The second kappa shape index (κ2) is 11.2. The van der Waals surface area contributed by atoms with Crippen LogP contribution in [0.5, 0.6) is 0 Å². The van der Waals surface area contributed by atoms with Crippen molar-refractivity contribution < 1.29 is 19.4 Å². The number of carboxylic acid groups (broad SMARTS) is 1. The molecule has 3 heterocycles. The molecule has 1 saturated heterocycles. The second-order valence-corrected chi connectivity index (χ2v) is 7.67. The fourth-order valence-corrected chi connectivity index (χ4v) is 3.54. The van der Waals surface area contributed by atoms with Crippen LogP contribution in [0, 0.1) is 0 Å². The van der Waals surface area contributed by atoms with E-state index in [1.165, 1.54) is 18.3 Å². The molecule has 12 heteroatoms. The molecule has 1 aliphatic rings. The number of benzene rings is 1. The van der Waals surface area contributed by atoms with Gasteiger partial charge in [0.15, 0.2) is 0 Å². The summed E-state index contributed by atoms with van der Waals surface area (Å²) in [6, 6.07) is 7.90. The fourth-order valence-electron chi connectivity index (χ4n) is 3.54. The van der Waals surface area contributed by atoms with Crippen molar-refractivity contribution in [2.75, 3.05) is 48.4 Å². The number of carbonyl (C=O) groups is 2. The van der Waals surface area contributed by atoms with Crippen molar-refractivity contribution in [3.8, 4) is 0 Å². The van der Waals surface area contributed by atoms with Crippen molar-refractivity contribution in [2.24, 2.45) is 0 Å². The molecule has 35 heavy (non-hydrogen) atoms. The molecule has 0 atom stereocenters. The van der Waals surface area contributed by atoms with Crippen molar-refractivity contribution in [1.29, 1.82) is 0 Å². The van der Waals surface area contributed by atoms with Gasteiger partial charge in [-0.25, -0.2) is 14.7 Å². The highest BCUT2D eigenvalue weighted by Crippen LogP contribution is 2.27. The molecule has 3 N–H and O–H groups in total. The normalized spacial score (nSPS) is 13.7. The van der Waals surface area contributed by atoms with Crippen LogP contribution in [0.15, 0.2) is 61.6 Å². The number of aromatic nitrogens is 4. The Morgan fingerprint density at radius 1 is 1.20 bits per heavy atom. The van der Waals surface area contributed by atoms with Crippen LogP contribution in [0.1, 0.15) is 0 Å². The first kappa shape index (κ1) is 23.9. The van der Waals surface area contributed by atoms with Crippen LogP contribution >= 0.6 is 0 Å². The predicted molar refractivity (Wildman–Crippen MR) is 130 cm³/mol. The summed E-state index contributed by atoms with van der Waals surface area (Å²) in [6.07, 6.45) is 4.87. The van der Waals surface area contributed by atoms with E-state index in [0.717, 1.165) is 50.4 Å². The van der Waals surface area contributed by atoms with Crippen LogP contribution in [0.25, 0.3) is 0 Å². The Hall–Kier alpha value is -4.29. The number of nitrogens with one attached hydrogen (secondary N) is 2. The second-order valence-electron chi connectivity index (χ2n) is 7.67. The molecule has 2 amide bonds. The fraction of sp³-hybridized carbons (Fsp3) is 0.261. The molecule has 0 saturated carbocycles. The van der Waals surface area contributed by atoms with E-state index in [2.05, 4.69) is 37.2 Å². The number of carbonyl (C=O) groups excluding carboxylic acids is 1. The summed E-state index contributed by atoms with van der Waals surface area (Å²) in [7, 11) is 0. The number of morpholine rings is 1. The first-order valence-electron chi connectivity index (χ1n) is 11.0. The highest BCUT2D eigenvalue weighted by atomic mass is 16.5. The molecule has 0 aliphatic carbocycles. The molecule has 1 aromatic carbocycles. The monoisotopic (exact) mass is 478 g/mol. The van der Waals surface area contributed by atoms with Gasteiger partial charge in [0.25, 0.3) is 0 Å². The quantitative estimate of drug-likeness (QED) is 0.396. The summed E-state index contributed by atoms with van der Waals surface area (Å²) in [5.74, 6) is -0.0393. The number of ether oxygens (including phenoxy) is 1. The molecule has 182 valence electrons. The van der Waals surface area contributed by atoms with Crippen LogP contribution in [0.3, 0.4) is 0 Å². The molecular weight excluding hydrogens is 452 g/mol. The van der Waals surface area contributed by atoms with E-state index >= 15 is 0 Å². The van der Waals surface area contributed by atoms with Gasteiger partial charge in [0.1, 0.15) is 5.82 Å². The molecule has 0 spiro atoms. The van der Waals surface area contributed by atoms with Gasteiger partial charge < -0.3 is 20.5 Å². The van der Waals surface area contributed by atoms with E-state index in [-0.39, 0.29) is 11.8 Å². The van der Waals surface area contributed by atoms with E-state index in [1.807, 2.05) is 10.9 Å². The Balaban J connectivity index is 1.46. The average Bonchev–Trinajstić information content (AvgIpc) is 3.31. The third-order valence-electron chi connectivity index (χ3n) is 5.26. The van der Waals surface area contributed by atoms with Gasteiger partial charge in [-0.1, -0.05) is 12.6 Å². The molecule has 1 aliphatic heterocycles. The van der Waals surface area contributed by atoms with Gasteiger partial charge in [-0.2, -0.15) is 10.1 Å². The molecule has 0 radical (unpaired) electrons. The Morgan fingerprint density at radius 3 is 2.80 bits per heavy atom. The van der Waals surface area contributed by atoms with Crippen LogP contribution in [0.2, 0.25) is 0 Å². The van der Waals surface area contributed by atoms with Gasteiger partial charge in [-0.15, -0.1) is 0 Å². The van der Waals surface area contributed by atoms with E-state index in [0.29, 0.717) is 17.1 Å². The summed E-state index contributed by atoms with van der Waals surface area (Å²) >= 11 is 0. The molecule has 1 fully saturated rings. The lowest BCUT2D eigenvalue weighted by Crippen LogP contribution is -2.38. The lowest BCUT2D eigenvalue weighted by Gasteiger charge is -2.26. The molecule has 12 nitrogen and oxygen atoms in total. The van der Waals surface area contributed by atoms with Crippen LogP contribution < -0.4 is 15.5 Å². The predicted octanol–water partition coefficient (Wildman–Crippen LogP) is 2.69. The van der Waals surface area contributed by atoms with Crippen molar-refractivity contribution in [3.05, 3.63) is 61.6 Å². The van der Waals surface area contributed by atoms with Gasteiger partial charge in [0, 0.05) is 43.8 Å². The van der Waals surface area contributed by atoms with Crippen molar-refractivity contribution in [3.63, 3.8) is 0 Å². The van der Waals surface area contributed by atoms with Gasteiger partial charge in [0.2, 0.25) is 11.9 Å². The first-order chi connectivity index (χ1) is 17.0. The number of amides is 2. The van der Waals surface area contributed by atoms with Gasteiger partial charge in [-0.05, 0) is 24.3 Å². The van der Waals surface area contributed by atoms with Gasteiger partial charge in [-0.3, -0.25) is 14.4 Å². The number of rotatable bonds is 9. The number of anilines is 5. The summed E-state index contributed by atoms with van der Waals surface area (Å²) in [6.45, 7) is 8.34. The molecule has 3 aromatic rings. The van der Waals surface area contributed by atoms with E-state index in [9.17, 15) is 14.7 Å². The lowest BCUT2D eigenvalue weighted by molar-refractivity contribution is -0.111. The summed E-state index contributed by atoms with van der Waals surface area (Å²) in [5.41, 5.74) is 1.41. The number of nitrogens with zero attached hydrogens (tertiary/aromatic N) is 6. The third kappa shape index (κ3) is 6.40. The smallest absolute Gasteiger partial charge is 0.417 e. The minimum atomic E-state index is -1.24. The SMILES string of the molecule is C=CC(=O)Nc1cccc(N(C(=O)O)c2ccnc(Nc3cnn(CCN4CCOCC4)c3)n2)c1. The third-order valence-corrected chi connectivity index (χ3v) is 5.26. The summed E-state index contributed by atoms with van der Waals surface area (Å²) < 4.78 is 7.20. The minimum absolute atomic E-state index is 0.141. The molecule has 4 rings (SSSR count). The zero-order valence-electron chi connectivity index (χ0n) is 19.0. The summed E-state index contributed by atoms with van der Waals surface area (Å²) in [4.78, 5) is 35.6. The minimum Gasteiger partial charge on any atom is -0.464 e. The maximum Gasteiger partial charge on any atom is 0.417 e. The first-order valence-corrected chi connectivity index (χ1v) is 11.0. The van der Waals surface area contributed by atoms with Gasteiger partial charge >= 0.3 is 6.09 Å². The van der Waals surface area contributed by atoms with Crippen LogP contribution in [-0.4, -0.2) is 74.6 Å². The topological polar surface area (TPSA) is 138 Å². The summed E-state index contributed by atoms with van der Waals surface area (Å²) in [5, 5.41) is 19.9. The zero-order chi connectivity index (χ0) is 24.6. The Kier molecular flexibility index (Phi) is 7.65. The maximum atomic E-state index is 12.1. The van der Waals surface area contributed by atoms with E-state index in [4.69, 9.17) is 4.74 Å². The van der Waals surface area contributed by atoms with Crippen LogP contribution in [0.4, 0.5) is 33.6 Å².